The summed E-state index contributed by atoms with van der Waals surface area (Å²) in [6, 6.07) is 6.95. The number of ether oxygens (including phenoxy) is 1. The molecule has 0 unspecified atom stereocenters. The second-order valence-corrected chi connectivity index (χ2v) is 7.36. The van der Waals surface area contributed by atoms with Crippen LogP contribution >= 0.6 is 23.2 Å². The van der Waals surface area contributed by atoms with Crippen LogP contribution in [0.1, 0.15) is 16.1 Å². The van der Waals surface area contributed by atoms with Gasteiger partial charge in [-0.05, 0) is 18.2 Å². The van der Waals surface area contributed by atoms with Crippen LogP contribution in [0.3, 0.4) is 0 Å². The van der Waals surface area contributed by atoms with E-state index >= 15 is 0 Å². The van der Waals surface area contributed by atoms with Gasteiger partial charge in [-0.1, -0.05) is 35.3 Å². The van der Waals surface area contributed by atoms with Crippen molar-refractivity contribution in [3.8, 4) is 11.6 Å². The first kappa shape index (κ1) is 24.8. The molecule has 0 aliphatic heterocycles. The third kappa shape index (κ3) is 5.55. The predicted molar refractivity (Wildman–Crippen MR) is 114 cm³/mol. The number of hydrogen-bond donors (Lipinski definition) is 2. The van der Waals surface area contributed by atoms with Gasteiger partial charge in [0.2, 0.25) is 5.88 Å². The van der Waals surface area contributed by atoms with Crippen molar-refractivity contribution >= 4 is 46.5 Å². The van der Waals surface area contributed by atoms with Crippen LogP contribution in [0.2, 0.25) is 10.0 Å². The van der Waals surface area contributed by atoms with Crippen LogP contribution in [0.4, 0.5) is 29.3 Å². The quantitative estimate of drug-likeness (QED) is 0.344. The molecular weight excluding hydrogens is 506 g/mol. The van der Waals surface area contributed by atoms with E-state index in [1.807, 2.05) is 5.32 Å². The van der Waals surface area contributed by atoms with E-state index in [1.54, 1.807) is 0 Å². The molecule has 0 saturated heterocycles. The third-order valence-electron chi connectivity index (χ3n) is 4.16. The average molecular weight is 518 g/mol. The molecule has 34 heavy (non-hydrogen) atoms. The molecule has 15 heteroatoms. The fraction of sp³-hybridized carbons (Fsp3) is 0.105. The van der Waals surface area contributed by atoms with E-state index in [0.717, 1.165) is 10.7 Å². The summed E-state index contributed by atoms with van der Waals surface area (Å²) in [6.07, 6.45) is -4.69. The summed E-state index contributed by atoms with van der Waals surface area (Å²) < 4.78 is 44.7. The summed E-state index contributed by atoms with van der Waals surface area (Å²) in [5.41, 5.74) is -2.02. The van der Waals surface area contributed by atoms with Crippen LogP contribution in [-0.2, 0) is 13.2 Å². The number of para-hydroxylation sites is 1. The van der Waals surface area contributed by atoms with E-state index < -0.39 is 34.4 Å². The summed E-state index contributed by atoms with van der Waals surface area (Å²) in [5, 5.41) is 18.2. The lowest BCUT2D eigenvalue weighted by Gasteiger charge is -2.12. The standard InChI is InChI=1S/C19H12Cl2F3N5O5/c1-28-15(8-14(27-28)19(22,23)24)34-16-11(20)6-9(7-12(16)21)25-18(31)26-17(30)10-4-2-3-5-13(10)29(32)33/h2-8H,1H3,(H2,25,26,30,31). The van der Waals surface area contributed by atoms with Crippen LogP contribution in [0.15, 0.2) is 42.5 Å². The fourth-order valence-electron chi connectivity index (χ4n) is 2.68. The number of aryl methyl sites for hydroxylation is 1. The van der Waals surface area contributed by atoms with E-state index in [4.69, 9.17) is 27.9 Å². The first-order valence-corrected chi connectivity index (χ1v) is 9.76. The number of anilines is 1. The van der Waals surface area contributed by atoms with Gasteiger partial charge in [0.1, 0.15) is 5.56 Å². The Morgan fingerprint density at radius 3 is 2.32 bits per heavy atom. The van der Waals surface area contributed by atoms with E-state index in [0.29, 0.717) is 6.07 Å². The van der Waals surface area contributed by atoms with Gasteiger partial charge in [0, 0.05) is 24.9 Å². The molecule has 0 aliphatic rings. The number of hydrogen-bond acceptors (Lipinski definition) is 6. The zero-order valence-electron chi connectivity index (χ0n) is 16.8. The highest BCUT2D eigenvalue weighted by Crippen LogP contribution is 2.40. The van der Waals surface area contributed by atoms with Gasteiger partial charge in [0.25, 0.3) is 11.6 Å². The molecule has 0 atom stereocenters. The molecular formula is C19H12Cl2F3N5O5. The summed E-state index contributed by atoms with van der Waals surface area (Å²) in [6.45, 7) is 0. The SMILES string of the molecule is Cn1nc(C(F)(F)F)cc1Oc1c(Cl)cc(NC(=O)NC(=O)c2ccccc2[N+](=O)[O-])cc1Cl. The number of amides is 3. The highest BCUT2D eigenvalue weighted by Gasteiger charge is 2.35. The Bertz CT molecular complexity index is 1270. The molecule has 0 fully saturated rings. The Balaban J connectivity index is 1.74. The Kier molecular flexibility index (Phi) is 6.98. The second kappa shape index (κ2) is 9.57. The maximum atomic E-state index is 12.8. The van der Waals surface area contributed by atoms with Crippen molar-refractivity contribution in [3.63, 3.8) is 0 Å². The molecule has 3 amide bonds. The van der Waals surface area contributed by atoms with Gasteiger partial charge in [0.15, 0.2) is 11.4 Å². The molecule has 0 saturated carbocycles. The number of urea groups is 1. The number of rotatable bonds is 5. The van der Waals surface area contributed by atoms with E-state index in [-0.39, 0.29) is 32.9 Å². The van der Waals surface area contributed by atoms with Crippen molar-refractivity contribution in [1.29, 1.82) is 0 Å². The first-order valence-electron chi connectivity index (χ1n) is 9.00. The monoisotopic (exact) mass is 517 g/mol. The fourth-order valence-corrected chi connectivity index (χ4v) is 3.24. The number of carbonyl (C=O) groups is 2. The zero-order chi connectivity index (χ0) is 25.2. The smallest absolute Gasteiger partial charge is 0.435 e. The van der Waals surface area contributed by atoms with Crippen molar-refractivity contribution in [3.05, 3.63) is 73.9 Å². The van der Waals surface area contributed by atoms with Gasteiger partial charge in [-0.15, -0.1) is 0 Å². The van der Waals surface area contributed by atoms with Crippen LogP contribution in [0, 0.1) is 10.1 Å². The van der Waals surface area contributed by atoms with Gasteiger partial charge in [-0.25, -0.2) is 9.48 Å². The Hall–Kier alpha value is -3.84. The largest absolute Gasteiger partial charge is 0.436 e. The Labute approximate surface area is 198 Å². The molecule has 3 aromatic rings. The van der Waals surface area contributed by atoms with Gasteiger partial charge >= 0.3 is 12.2 Å². The van der Waals surface area contributed by atoms with E-state index in [1.165, 1.54) is 37.4 Å². The minimum Gasteiger partial charge on any atom is -0.436 e. The van der Waals surface area contributed by atoms with Crippen LogP contribution in [-0.4, -0.2) is 26.6 Å². The Morgan fingerprint density at radius 2 is 1.76 bits per heavy atom. The number of nitro groups is 1. The maximum absolute atomic E-state index is 12.8. The molecule has 0 aliphatic carbocycles. The number of nitrogens with zero attached hydrogens (tertiary/aromatic N) is 3. The topological polar surface area (TPSA) is 128 Å². The minimum atomic E-state index is -4.69. The number of alkyl halides is 3. The number of benzene rings is 2. The minimum absolute atomic E-state index is 0.00352. The van der Waals surface area contributed by atoms with Crippen molar-refractivity contribution in [2.24, 2.45) is 7.05 Å². The average Bonchev–Trinajstić information content (AvgIpc) is 3.11. The van der Waals surface area contributed by atoms with Crippen molar-refractivity contribution in [2.45, 2.75) is 6.18 Å². The number of halogens is 5. The lowest BCUT2D eigenvalue weighted by atomic mass is 10.1. The first-order chi connectivity index (χ1) is 15.9. The summed E-state index contributed by atoms with van der Waals surface area (Å²) in [5.74, 6) is -1.54. The zero-order valence-corrected chi connectivity index (χ0v) is 18.3. The summed E-state index contributed by atoms with van der Waals surface area (Å²) in [4.78, 5) is 34.7. The summed E-state index contributed by atoms with van der Waals surface area (Å²) in [7, 11) is 1.22. The normalized spacial score (nSPS) is 11.1. The highest BCUT2D eigenvalue weighted by atomic mass is 35.5. The van der Waals surface area contributed by atoms with Crippen LogP contribution < -0.4 is 15.4 Å². The van der Waals surface area contributed by atoms with Crippen molar-refractivity contribution in [2.75, 3.05) is 5.32 Å². The van der Waals surface area contributed by atoms with Gasteiger partial charge < -0.3 is 10.1 Å². The molecule has 178 valence electrons. The number of carbonyl (C=O) groups excluding carboxylic acids is 2. The number of imide groups is 1. The van der Waals surface area contributed by atoms with Crippen molar-refractivity contribution < 1.29 is 32.4 Å². The molecule has 3 rings (SSSR count). The summed E-state index contributed by atoms with van der Waals surface area (Å²) >= 11 is 12.2. The highest BCUT2D eigenvalue weighted by molar-refractivity contribution is 6.37. The van der Waals surface area contributed by atoms with E-state index in [2.05, 4.69) is 10.4 Å². The molecule has 0 bridgehead atoms. The molecule has 2 aromatic carbocycles. The molecule has 0 spiro atoms. The molecule has 1 aromatic heterocycles. The predicted octanol–water partition coefficient (Wildman–Crippen LogP) is 5.41. The molecule has 0 radical (unpaired) electrons. The van der Waals surface area contributed by atoms with Gasteiger partial charge in [-0.3, -0.25) is 20.2 Å². The molecule has 10 nitrogen and oxygen atoms in total. The number of nitrogens with one attached hydrogen (secondary N) is 2. The van der Waals surface area contributed by atoms with E-state index in [9.17, 15) is 32.9 Å². The van der Waals surface area contributed by atoms with Gasteiger partial charge in [-0.2, -0.15) is 18.3 Å². The van der Waals surface area contributed by atoms with Crippen molar-refractivity contribution in [1.82, 2.24) is 15.1 Å². The number of aromatic nitrogens is 2. The second-order valence-electron chi connectivity index (χ2n) is 6.54. The number of nitro benzene ring substituents is 1. The third-order valence-corrected chi connectivity index (χ3v) is 4.72. The molecule has 1 heterocycles. The van der Waals surface area contributed by atoms with Gasteiger partial charge in [0.05, 0.1) is 15.0 Å². The van der Waals surface area contributed by atoms with Crippen LogP contribution in [0.25, 0.3) is 0 Å². The lowest BCUT2D eigenvalue weighted by Crippen LogP contribution is -2.34. The Morgan fingerprint density at radius 1 is 1.15 bits per heavy atom. The van der Waals surface area contributed by atoms with Crippen LogP contribution in [0.5, 0.6) is 11.6 Å². The maximum Gasteiger partial charge on any atom is 0.435 e. The lowest BCUT2D eigenvalue weighted by molar-refractivity contribution is -0.385. The molecule has 2 N–H and O–H groups in total.